The van der Waals surface area contributed by atoms with Crippen molar-refractivity contribution in [1.82, 2.24) is 19.7 Å². The highest BCUT2D eigenvalue weighted by molar-refractivity contribution is 7.99. The highest BCUT2D eigenvalue weighted by Gasteiger charge is 2.31. The van der Waals surface area contributed by atoms with E-state index in [0.29, 0.717) is 11.7 Å². The number of nitrogens with one attached hydrogen (secondary N) is 1. The molecule has 2 aromatic heterocycles. The van der Waals surface area contributed by atoms with Gasteiger partial charge >= 0.3 is 0 Å². The SMILES string of the molecule is CCc1cccc2c(C(=O)CSc3nnc(C4CC4)n3-c3ccccc3)c[nH]c12. The van der Waals surface area contributed by atoms with Gasteiger partial charge in [0, 0.05) is 34.3 Å². The van der Waals surface area contributed by atoms with Crippen LogP contribution in [0.4, 0.5) is 0 Å². The second-order valence-electron chi connectivity index (χ2n) is 7.39. The highest BCUT2D eigenvalue weighted by Crippen LogP contribution is 2.41. The third kappa shape index (κ3) is 3.38. The van der Waals surface area contributed by atoms with Crippen molar-refractivity contribution in [2.24, 2.45) is 0 Å². The lowest BCUT2D eigenvalue weighted by Crippen LogP contribution is -2.05. The summed E-state index contributed by atoms with van der Waals surface area (Å²) >= 11 is 1.46. The van der Waals surface area contributed by atoms with Gasteiger partial charge in [-0.25, -0.2) is 0 Å². The quantitative estimate of drug-likeness (QED) is 0.342. The van der Waals surface area contributed by atoms with E-state index in [1.165, 1.54) is 17.3 Å². The van der Waals surface area contributed by atoms with Gasteiger partial charge in [-0.2, -0.15) is 0 Å². The molecule has 6 heteroatoms. The van der Waals surface area contributed by atoms with Crippen LogP contribution >= 0.6 is 11.8 Å². The van der Waals surface area contributed by atoms with E-state index in [2.05, 4.69) is 44.9 Å². The predicted octanol–water partition coefficient (Wildman–Crippen LogP) is 5.16. The van der Waals surface area contributed by atoms with Gasteiger partial charge in [-0.3, -0.25) is 9.36 Å². The van der Waals surface area contributed by atoms with Crippen LogP contribution in [0.15, 0.2) is 59.9 Å². The first kappa shape index (κ1) is 18.2. The van der Waals surface area contributed by atoms with Gasteiger partial charge in [0.25, 0.3) is 0 Å². The minimum atomic E-state index is 0.102. The Morgan fingerprint density at radius 1 is 1.14 bits per heavy atom. The van der Waals surface area contributed by atoms with Crippen LogP contribution in [0.2, 0.25) is 0 Å². The smallest absolute Gasteiger partial charge is 0.196 e. The van der Waals surface area contributed by atoms with Crippen LogP contribution < -0.4 is 0 Å². The monoisotopic (exact) mass is 402 g/mol. The van der Waals surface area contributed by atoms with E-state index in [1.54, 1.807) is 0 Å². The Bertz CT molecular complexity index is 1170. The minimum absolute atomic E-state index is 0.102. The molecule has 29 heavy (non-hydrogen) atoms. The zero-order valence-electron chi connectivity index (χ0n) is 16.3. The Labute approximate surface area is 173 Å². The summed E-state index contributed by atoms with van der Waals surface area (Å²) in [6.07, 6.45) is 5.09. The van der Waals surface area contributed by atoms with Crippen molar-refractivity contribution in [3.05, 3.63) is 71.7 Å². The average Bonchev–Trinajstić information content (AvgIpc) is 3.37. The third-order valence-electron chi connectivity index (χ3n) is 5.43. The molecule has 0 unspecified atom stereocenters. The molecule has 0 bridgehead atoms. The van der Waals surface area contributed by atoms with Crippen molar-refractivity contribution in [3.8, 4) is 5.69 Å². The Hall–Kier alpha value is -2.86. The third-order valence-corrected chi connectivity index (χ3v) is 6.36. The number of ketones is 1. The maximum atomic E-state index is 13.0. The summed E-state index contributed by atoms with van der Waals surface area (Å²) in [6, 6.07) is 16.3. The topological polar surface area (TPSA) is 63.6 Å². The summed E-state index contributed by atoms with van der Waals surface area (Å²) in [5, 5.41) is 10.6. The largest absolute Gasteiger partial charge is 0.360 e. The molecule has 1 aliphatic carbocycles. The number of H-pyrrole nitrogens is 1. The van der Waals surface area contributed by atoms with Crippen LogP contribution in [-0.2, 0) is 6.42 Å². The zero-order chi connectivity index (χ0) is 19.8. The second kappa shape index (κ2) is 7.52. The van der Waals surface area contributed by atoms with E-state index in [0.717, 1.165) is 52.4 Å². The van der Waals surface area contributed by atoms with Crippen molar-refractivity contribution in [2.45, 2.75) is 37.3 Å². The molecule has 1 saturated carbocycles. The van der Waals surface area contributed by atoms with E-state index in [-0.39, 0.29) is 5.78 Å². The summed E-state index contributed by atoms with van der Waals surface area (Å²) in [6.45, 7) is 2.13. The number of carbonyl (C=O) groups is 1. The van der Waals surface area contributed by atoms with E-state index in [9.17, 15) is 4.79 Å². The molecule has 0 radical (unpaired) electrons. The lowest BCUT2D eigenvalue weighted by Gasteiger charge is -2.09. The molecule has 1 fully saturated rings. The molecule has 5 nitrogen and oxygen atoms in total. The first-order valence-electron chi connectivity index (χ1n) is 10.0. The van der Waals surface area contributed by atoms with Crippen LogP contribution in [0, 0.1) is 0 Å². The van der Waals surface area contributed by atoms with Crippen LogP contribution in [0.3, 0.4) is 0 Å². The molecule has 146 valence electrons. The molecule has 0 aliphatic heterocycles. The molecule has 0 spiro atoms. The molecular formula is C23H22N4OS. The number of aromatic amines is 1. The number of rotatable bonds is 7. The number of nitrogens with zero attached hydrogens (tertiary/aromatic N) is 3. The van der Waals surface area contributed by atoms with Crippen molar-refractivity contribution in [1.29, 1.82) is 0 Å². The second-order valence-corrected chi connectivity index (χ2v) is 8.34. The summed E-state index contributed by atoms with van der Waals surface area (Å²) < 4.78 is 2.11. The molecule has 1 N–H and O–H groups in total. The lowest BCUT2D eigenvalue weighted by atomic mass is 10.1. The fourth-order valence-electron chi connectivity index (χ4n) is 3.75. The van der Waals surface area contributed by atoms with Crippen molar-refractivity contribution in [2.75, 3.05) is 5.75 Å². The Morgan fingerprint density at radius 2 is 1.97 bits per heavy atom. The number of thioether (sulfide) groups is 1. The van der Waals surface area contributed by atoms with Gasteiger partial charge in [0.05, 0.1) is 5.75 Å². The van der Waals surface area contributed by atoms with Crippen molar-refractivity contribution in [3.63, 3.8) is 0 Å². The molecule has 2 heterocycles. The lowest BCUT2D eigenvalue weighted by molar-refractivity contribution is 0.102. The molecule has 2 aromatic carbocycles. The van der Waals surface area contributed by atoms with Crippen LogP contribution in [-0.4, -0.2) is 31.3 Å². The first-order valence-corrected chi connectivity index (χ1v) is 11.0. The van der Waals surface area contributed by atoms with Gasteiger partial charge in [0.1, 0.15) is 5.82 Å². The number of benzene rings is 2. The number of aromatic nitrogens is 4. The number of carbonyl (C=O) groups excluding carboxylic acids is 1. The number of hydrogen-bond acceptors (Lipinski definition) is 4. The first-order chi connectivity index (χ1) is 14.3. The molecular weight excluding hydrogens is 380 g/mol. The summed E-state index contributed by atoms with van der Waals surface area (Å²) in [5.74, 6) is 1.92. The van der Waals surface area contributed by atoms with Gasteiger partial charge in [-0.15, -0.1) is 10.2 Å². The van der Waals surface area contributed by atoms with E-state index < -0.39 is 0 Å². The maximum absolute atomic E-state index is 13.0. The number of para-hydroxylation sites is 2. The average molecular weight is 403 g/mol. The molecule has 5 rings (SSSR count). The number of hydrogen-bond donors (Lipinski definition) is 1. The van der Waals surface area contributed by atoms with E-state index in [4.69, 9.17) is 0 Å². The molecule has 0 amide bonds. The van der Waals surface area contributed by atoms with Gasteiger partial charge in [0.15, 0.2) is 10.9 Å². The Kier molecular flexibility index (Phi) is 4.72. The minimum Gasteiger partial charge on any atom is -0.360 e. The Morgan fingerprint density at radius 3 is 2.72 bits per heavy atom. The van der Waals surface area contributed by atoms with Crippen molar-refractivity contribution >= 4 is 28.4 Å². The van der Waals surface area contributed by atoms with Gasteiger partial charge in [-0.05, 0) is 37.0 Å². The highest BCUT2D eigenvalue weighted by atomic mass is 32.2. The molecule has 1 aliphatic rings. The predicted molar refractivity (Wildman–Crippen MR) is 116 cm³/mol. The van der Waals surface area contributed by atoms with E-state index >= 15 is 0 Å². The number of fused-ring (bicyclic) bond motifs is 1. The standard InChI is InChI=1S/C23H22N4OS/c1-2-15-7-6-10-18-19(13-24-21(15)18)20(28)14-29-23-26-25-22(16-11-12-16)27(23)17-8-4-3-5-9-17/h3-10,13,16,24H,2,11-12,14H2,1H3. The fraction of sp³-hybridized carbons (Fsp3) is 0.261. The molecule has 0 atom stereocenters. The van der Waals surface area contributed by atoms with Crippen LogP contribution in [0.5, 0.6) is 0 Å². The normalized spacial score (nSPS) is 13.8. The fourth-order valence-corrected chi connectivity index (χ4v) is 4.59. The van der Waals surface area contributed by atoms with Crippen LogP contribution in [0.1, 0.15) is 47.4 Å². The number of aryl methyl sites for hydroxylation is 1. The van der Waals surface area contributed by atoms with E-state index in [1.807, 2.05) is 36.5 Å². The molecule has 0 saturated heterocycles. The zero-order valence-corrected chi connectivity index (χ0v) is 17.1. The van der Waals surface area contributed by atoms with Gasteiger partial charge in [0.2, 0.25) is 0 Å². The maximum Gasteiger partial charge on any atom is 0.196 e. The summed E-state index contributed by atoms with van der Waals surface area (Å²) in [5.41, 5.74) is 4.09. The van der Waals surface area contributed by atoms with Crippen molar-refractivity contribution < 1.29 is 4.79 Å². The van der Waals surface area contributed by atoms with Gasteiger partial charge < -0.3 is 4.98 Å². The van der Waals surface area contributed by atoms with Gasteiger partial charge in [-0.1, -0.05) is 55.1 Å². The summed E-state index contributed by atoms with van der Waals surface area (Å²) in [4.78, 5) is 16.3. The number of Topliss-reactive ketones (excluding diaryl/α,β-unsaturated/α-hetero) is 1. The molecule has 4 aromatic rings. The Balaban J connectivity index is 1.42. The summed E-state index contributed by atoms with van der Waals surface area (Å²) in [7, 11) is 0. The van der Waals surface area contributed by atoms with Crippen LogP contribution in [0.25, 0.3) is 16.6 Å².